The molecule has 2 atom stereocenters. The molecule has 2 heterocycles. The maximum atomic E-state index is 5.98. The third-order valence-electron chi connectivity index (χ3n) is 3.65. The monoisotopic (exact) mass is 345 g/mol. The van der Waals surface area contributed by atoms with Crippen molar-refractivity contribution in [3.05, 3.63) is 16.4 Å². The molecule has 2 rings (SSSR count). The zero-order chi connectivity index (χ0) is 14.4. The highest BCUT2D eigenvalue weighted by molar-refractivity contribution is 9.10. The summed E-state index contributed by atoms with van der Waals surface area (Å²) >= 11 is 3.63. The molecule has 0 spiro atoms. The lowest BCUT2D eigenvalue weighted by Gasteiger charge is -2.31. The van der Waals surface area contributed by atoms with Gasteiger partial charge in [0, 0.05) is 13.7 Å². The quantitative estimate of drug-likeness (QED) is 0.824. The highest BCUT2D eigenvalue weighted by Gasteiger charge is 2.29. The SMILES string of the molecule is CCNC(c1c(Br)cnn1CCOC)C1CCCCO1. The van der Waals surface area contributed by atoms with Gasteiger partial charge < -0.3 is 14.8 Å². The van der Waals surface area contributed by atoms with Crippen molar-refractivity contribution in [2.75, 3.05) is 26.9 Å². The first-order valence-electron chi connectivity index (χ1n) is 7.33. The minimum absolute atomic E-state index is 0.175. The van der Waals surface area contributed by atoms with E-state index in [0.717, 1.165) is 36.3 Å². The van der Waals surface area contributed by atoms with Crippen LogP contribution in [0.15, 0.2) is 10.7 Å². The third-order valence-corrected chi connectivity index (χ3v) is 4.26. The number of rotatable bonds is 7. The standard InChI is InChI=1S/C14H24BrN3O2/c1-3-16-13(12-6-4-5-8-20-12)14-11(15)10-17-18(14)7-9-19-2/h10,12-13,16H,3-9H2,1-2H3. The molecule has 1 fully saturated rings. The van der Waals surface area contributed by atoms with Gasteiger partial charge in [-0.3, -0.25) is 4.68 Å². The van der Waals surface area contributed by atoms with E-state index in [1.54, 1.807) is 7.11 Å². The molecule has 1 aliphatic heterocycles. The lowest BCUT2D eigenvalue weighted by Crippen LogP contribution is -2.37. The topological polar surface area (TPSA) is 48.3 Å². The van der Waals surface area contributed by atoms with Crippen LogP contribution in [0, 0.1) is 0 Å². The molecule has 0 aliphatic carbocycles. The molecular weight excluding hydrogens is 322 g/mol. The Morgan fingerprint density at radius 2 is 2.45 bits per heavy atom. The third kappa shape index (κ3) is 3.81. The van der Waals surface area contributed by atoms with Crippen LogP contribution in [-0.4, -0.2) is 42.8 Å². The van der Waals surface area contributed by atoms with Gasteiger partial charge in [0.1, 0.15) is 0 Å². The zero-order valence-electron chi connectivity index (χ0n) is 12.3. The van der Waals surface area contributed by atoms with Crippen LogP contribution in [0.5, 0.6) is 0 Å². The van der Waals surface area contributed by atoms with E-state index in [4.69, 9.17) is 9.47 Å². The number of hydrogen-bond acceptors (Lipinski definition) is 4. The van der Waals surface area contributed by atoms with Crippen LogP contribution < -0.4 is 5.32 Å². The van der Waals surface area contributed by atoms with Crippen LogP contribution in [0.4, 0.5) is 0 Å². The van der Waals surface area contributed by atoms with Crippen LogP contribution in [-0.2, 0) is 16.0 Å². The molecule has 1 aromatic heterocycles. The number of hydrogen-bond donors (Lipinski definition) is 1. The number of aromatic nitrogens is 2. The fourth-order valence-corrected chi connectivity index (χ4v) is 3.23. The van der Waals surface area contributed by atoms with Gasteiger partial charge >= 0.3 is 0 Å². The molecule has 1 N–H and O–H groups in total. The Hall–Kier alpha value is -0.430. The minimum atomic E-state index is 0.175. The van der Waals surface area contributed by atoms with Gasteiger partial charge in [0.25, 0.3) is 0 Å². The van der Waals surface area contributed by atoms with Crippen LogP contribution in [0.2, 0.25) is 0 Å². The molecule has 1 aromatic rings. The summed E-state index contributed by atoms with van der Waals surface area (Å²) in [6.45, 7) is 5.31. The highest BCUT2D eigenvalue weighted by Crippen LogP contribution is 2.31. The predicted molar refractivity (Wildman–Crippen MR) is 81.8 cm³/mol. The molecule has 0 aromatic carbocycles. The maximum absolute atomic E-state index is 5.98. The summed E-state index contributed by atoms with van der Waals surface area (Å²) in [5.74, 6) is 0. The normalized spacial score (nSPS) is 21.1. The van der Waals surface area contributed by atoms with Crippen molar-refractivity contribution in [3.63, 3.8) is 0 Å². The summed E-state index contributed by atoms with van der Waals surface area (Å²) < 4.78 is 14.2. The van der Waals surface area contributed by atoms with Gasteiger partial charge in [0.05, 0.1) is 41.7 Å². The van der Waals surface area contributed by atoms with Gasteiger partial charge in [-0.15, -0.1) is 0 Å². The van der Waals surface area contributed by atoms with Crippen LogP contribution >= 0.6 is 15.9 Å². The van der Waals surface area contributed by atoms with Gasteiger partial charge in [0.2, 0.25) is 0 Å². The molecule has 1 saturated heterocycles. The first-order chi connectivity index (χ1) is 9.77. The summed E-state index contributed by atoms with van der Waals surface area (Å²) in [5.41, 5.74) is 1.16. The Morgan fingerprint density at radius 3 is 3.10 bits per heavy atom. The van der Waals surface area contributed by atoms with Gasteiger partial charge in [-0.2, -0.15) is 5.10 Å². The van der Waals surface area contributed by atoms with E-state index in [2.05, 4.69) is 33.3 Å². The molecule has 114 valence electrons. The van der Waals surface area contributed by atoms with Crippen molar-refractivity contribution in [1.29, 1.82) is 0 Å². The number of methoxy groups -OCH3 is 1. The second-order valence-corrected chi connectivity index (χ2v) is 5.89. The van der Waals surface area contributed by atoms with Gasteiger partial charge in [-0.1, -0.05) is 6.92 Å². The molecule has 0 saturated carbocycles. The average Bonchev–Trinajstić information content (AvgIpc) is 2.84. The minimum Gasteiger partial charge on any atom is -0.383 e. The largest absolute Gasteiger partial charge is 0.383 e. The molecule has 1 aliphatic rings. The summed E-state index contributed by atoms with van der Waals surface area (Å²) in [4.78, 5) is 0. The first kappa shape index (κ1) is 15.9. The molecule has 20 heavy (non-hydrogen) atoms. The Kier molecular flexibility index (Phi) is 6.48. The van der Waals surface area contributed by atoms with Crippen molar-refractivity contribution in [1.82, 2.24) is 15.1 Å². The molecule has 6 heteroatoms. The fraction of sp³-hybridized carbons (Fsp3) is 0.786. The average molecular weight is 346 g/mol. The smallest absolute Gasteiger partial charge is 0.0785 e. The Labute approximate surface area is 129 Å². The molecule has 0 radical (unpaired) electrons. The van der Waals surface area contributed by atoms with Crippen molar-refractivity contribution in [3.8, 4) is 0 Å². The second kappa shape index (κ2) is 8.12. The van der Waals surface area contributed by atoms with E-state index >= 15 is 0 Å². The van der Waals surface area contributed by atoms with E-state index in [-0.39, 0.29) is 12.1 Å². The van der Waals surface area contributed by atoms with Crippen molar-refractivity contribution < 1.29 is 9.47 Å². The molecule has 2 unspecified atom stereocenters. The number of nitrogens with one attached hydrogen (secondary N) is 1. The Balaban J connectivity index is 2.20. The highest BCUT2D eigenvalue weighted by atomic mass is 79.9. The van der Waals surface area contributed by atoms with E-state index < -0.39 is 0 Å². The number of ether oxygens (including phenoxy) is 2. The maximum Gasteiger partial charge on any atom is 0.0785 e. The van der Waals surface area contributed by atoms with E-state index in [0.29, 0.717) is 6.61 Å². The zero-order valence-corrected chi connectivity index (χ0v) is 13.9. The molecule has 0 amide bonds. The lowest BCUT2D eigenvalue weighted by molar-refractivity contribution is -0.0100. The van der Waals surface area contributed by atoms with Crippen LogP contribution in [0.3, 0.4) is 0 Å². The first-order valence-corrected chi connectivity index (χ1v) is 8.12. The molecule has 5 nitrogen and oxygen atoms in total. The Morgan fingerprint density at radius 1 is 1.60 bits per heavy atom. The summed E-state index contributed by atoms with van der Waals surface area (Å²) in [5, 5.41) is 8.00. The van der Waals surface area contributed by atoms with Gasteiger partial charge in [-0.05, 0) is 41.7 Å². The van der Waals surface area contributed by atoms with Crippen molar-refractivity contribution in [2.24, 2.45) is 0 Å². The van der Waals surface area contributed by atoms with Gasteiger partial charge in [0.15, 0.2) is 0 Å². The summed E-state index contributed by atoms with van der Waals surface area (Å²) in [6.07, 6.45) is 5.58. The fourth-order valence-electron chi connectivity index (χ4n) is 2.69. The van der Waals surface area contributed by atoms with E-state index in [1.807, 2.05) is 10.9 Å². The van der Waals surface area contributed by atoms with Gasteiger partial charge in [-0.25, -0.2) is 0 Å². The van der Waals surface area contributed by atoms with Crippen molar-refractivity contribution in [2.45, 2.75) is 44.9 Å². The number of nitrogens with zero attached hydrogens (tertiary/aromatic N) is 2. The van der Waals surface area contributed by atoms with Crippen molar-refractivity contribution >= 4 is 15.9 Å². The number of likely N-dealkylation sites (N-methyl/N-ethyl adjacent to an activating group) is 1. The summed E-state index contributed by atoms with van der Waals surface area (Å²) in [6, 6.07) is 0.175. The van der Waals surface area contributed by atoms with E-state index in [9.17, 15) is 0 Å². The van der Waals surface area contributed by atoms with E-state index in [1.165, 1.54) is 12.8 Å². The van der Waals surface area contributed by atoms with Crippen LogP contribution in [0.25, 0.3) is 0 Å². The molecule has 0 bridgehead atoms. The second-order valence-electron chi connectivity index (χ2n) is 5.03. The Bertz CT molecular complexity index is 405. The molecular formula is C14H24BrN3O2. The van der Waals surface area contributed by atoms with Crippen LogP contribution in [0.1, 0.15) is 37.9 Å². The summed E-state index contributed by atoms with van der Waals surface area (Å²) in [7, 11) is 1.71. The number of halogens is 1. The predicted octanol–water partition coefficient (Wildman–Crippen LogP) is 2.51. The lowest BCUT2D eigenvalue weighted by atomic mass is 9.99.